The standard InChI is InChI=1S/C42H81O8P/c1-3-5-7-9-11-13-15-17-19-20-21-23-25-27-29-31-33-35-37-42(44)50-40(39-49-51(45,46)47)38-48-41(43)36-34-32-30-28-26-24-22-18-16-14-12-10-8-6-4-2/h30,32,40H,3-29,31,33-39H2,1-2H3,(H2,45,46,47)/b32-30+/t40-/m1/s1. The summed E-state index contributed by atoms with van der Waals surface area (Å²) in [6, 6.07) is 0. The number of rotatable bonds is 40. The first-order chi connectivity index (χ1) is 24.8. The second kappa shape index (κ2) is 38.5. The number of ether oxygens (including phenoxy) is 2. The van der Waals surface area contributed by atoms with E-state index in [4.69, 9.17) is 19.3 Å². The molecule has 0 saturated carbocycles. The highest BCUT2D eigenvalue weighted by molar-refractivity contribution is 7.46. The number of carbonyl (C=O) groups is 2. The maximum Gasteiger partial charge on any atom is 0.469 e. The van der Waals surface area contributed by atoms with E-state index in [9.17, 15) is 14.2 Å². The van der Waals surface area contributed by atoms with E-state index in [0.29, 0.717) is 12.8 Å². The third-order valence-corrected chi connectivity index (χ3v) is 10.0. The summed E-state index contributed by atoms with van der Waals surface area (Å²) in [5.41, 5.74) is 0. The van der Waals surface area contributed by atoms with Gasteiger partial charge in [-0.2, -0.15) is 0 Å². The summed E-state index contributed by atoms with van der Waals surface area (Å²) in [5.74, 6) is -0.928. The molecule has 0 radical (unpaired) electrons. The lowest BCUT2D eigenvalue weighted by Gasteiger charge is -2.18. The molecule has 0 aliphatic heterocycles. The van der Waals surface area contributed by atoms with Crippen LogP contribution in [-0.4, -0.2) is 41.0 Å². The Morgan fingerprint density at radius 2 is 0.863 bits per heavy atom. The van der Waals surface area contributed by atoms with Crippen molar-refractivity contribution < 1.29 is 37.9 Å². The molecule has 0 rings (SSSR count). The van der Waals surface area contributed by atoms with Gasteiger partial charge in [0.25, 0.3) is 0 Å². The summed E-state index contributed by atoms with van der Waals surface area (Å²) in [4.78, 5) is 42.8. The van der Waals surface area contributed by atoms with Crippen LogP contribution in [0.4, 0.5) is 0 Å². The van der Waals surface area contributed by atoms with Crippen molar-refractivity contribution in [3.8, 4) is 0 Å². The molecular weight excluding hydrogens is 663 g/mol. The Morgan fingerprint density at radius 1 is 0.490 bits per heavy atom. The lowest BCUT2D eigenvalue weighted by Crippen LogP contribution is -2.29. The molecule has 0 aliphatic rings. The Hall–Kier alpha value is -1.21. The third kappa shape index (κ3) is 41.4. The van der Waals surface area contributed by atoms with Gasteiger partial charge < -0.3 is 19.3 Å². The Morgan fingerprint density at radius 3 is 1.27 bits per heavy atom. The summed E-state index contributed by atoms with van der Waals surface area (Å²) in [5, 5.41) is 0. The molecule has 9 heteroatoms. The first-order valence-corrected chi connectivity index (χ1v) is 23.0. The van der Waals surface area contributed by atoms with Crippen LogP contribution in [0.3, 0.4) is 0 Å². The fraction of sp³-hybridized carbons (Fsp3) is 0.905. The van der Waals surface area contributed by atoms with Gasteiger partial charge >= 0.3 is 19.8 Å². The Kier molecular flexibility index (Phi) is 37.6. The molecule has 0 bridgehead atoms. The molecule has 8 nitrogen and oxygen atoms in total. The Labute approximate surface area is 314 Å². The highest BCUT2D eigenvalue weighted by Crippen LogP contribution is 2.36. The Balaban J connectivity index is 3.89. The SMILES string of the molecule is CCCCCCCCCCCCC/C=C/CCC(=O)OC[C@H](COP(=O)(O)O)OC(=O)CCCCCCCCCCCCCCCCCCCC. The molecule has 51 heavy (non-hydrogen) atoms. The number of phosphoric ester groups is 1. The van der Waals surface area contributed by atoms with E-state index < -0.39 is 32.5 Å². The van der Waals surface area contributed by atoms with E-state index in [2.05, 4.69) is 24.4 Å². The summed E-state index contributed by atoms with van der Waals surface area (Å²) in [7, 11) is -4.75. The Bertz CT molecular complexity index is 843. The van der Waals surface area contributed by atoms with Crippen molar-refractivity contribution >= 4 is 19.8 Å². The van der Waals surface area contributed by atoms with Crippen molar-refractivity contribution in [2.24, 2.45) is 0 Å². The van der Waals surface area contributed by atoms with Gasteiger partial charge in [0, 0.05) is 12.8 Å². The normalized spacial score (nSPS) is 12.5. The summed E-state index contributed by atoms with van der Waals surface area (Å²) < 4.78 is 26.4. The van der Waals surface area contributed by atoms with E-state index >= 15 is 0 Å². The number of phosphoric acid groups is 1. The topological polar surface area (TPSA) is 119 Å². The predicted octanol–water partition coefficient (Wildman–Crippen LogP) is 13.0. The molecule has 2 N–H and O–H groups in total. The van der Waals surface area contributed by atoms with Gasteiger partial charge in [0.15, 0.2) is 6.10 Å². The van der Waals surface area contributed by atoms with Crippen LogP contribution in [0.5, 0.6) is 0 Å². The average molecular weight is 745 g/mol. The van der Waals surface area contributed by atoms with Gasteiger partial charge in [-0.05, 0) is 25.7 Å². The fourth-order valence-corrected chi connectivity index (χ4v) is 6.69. The van der Waals surface area contributed by atoms with Crippen molar-refractivity contribution in [1.82, 2.24) is 0 Å². The van der Waals surface area contributed by atoms with Crippen LogP contribution < -0.4 is 0 Å². The minimum Gasteiger partial charge on any atom is -0.462 e. The van der Waals surface area contributed by atoms with Crippen LogP contribution >= 0.6 is 7.82 Å². The van der Waals surface area contributed by atoms with Crippen LogP contribution in [0.15, 0.2) is 12.2 Å². The van der Waals surface area contributed by atoms with Gasteiger partial charge in [0.2, 0.25) is 0 Å². The molecule has 0 aromatic carbocycles. The average Bonchev–Trinajstić information content (AvgIpc) is 3.10. The van der Waals surface area contributed by atoms with Gasteiger partial charge in [-0.1, -0.05) is 199 Å². The van der Waals surface area contributed by atoms with Crippen molar-refractivity contribution in [2.75, 3.05) is 13.2 Å². The molecule has 0 aromatic heterocycles. The van der Waals surface area contributed by atoms with Crippen LogP contribution in [0, 0.1) is 0 Å². The van der Waals surface area contributed by atoms with Gasteiger partial charge in [-0.3, -0.25) is 14.1 Å². The maximum atomic E-state index is 12.4. The maximum absolute atomic E-state index is 12.4. The van der Waals surface area contributed by atoms with E-state index in [1.165, 1.54) is 154 Å². The zero-order valence-corrected chi connectivity index (χ0v) is 34.2. The first kappa shape index (κ1) is 49.8. The van der Waals surface area contributed by atoms with Crippen LogP contribution in [0.1, 0.15) is 226 Å². The second-order valence-electron chi connectivity index (χ2n) is 14.7. The largest absolute Gasteiger partial charge is 0.469 e. The summed E-state index contributed by atoms with van der Waals surface area (Å²) in [6.45, 7) is 3.68. The van der Waals surface area contributed by atoms with Crippen molar-refractivity contribution in [3.63, 3.8) is 0 Å². The minimum atomic E-state index is -4.75. The number of allylic oxidation sites excluding steroid dienone is 2. The number of esters is 2. The predicted molar refractivity (Wildman–Crippen MR) is 212 cm³/mol. The van der Waals surface area contributed by atoms with E-state index in [-0.39, 0.29) is 19.4 Å². The van der Waals surface area contributed by atoms with Gasteiger partial charge in [-0.15, -0.1) is 0 Å². The number of hydrogen-bond acceptors (Lipinski definition) is 6. The zero-order chi connectivity index (χ0) is 37.5. The van der Waals surface area contributed by atoms with Crippen molar-refractivity contribution in [3.05, 3.63) is 12.2 Å². The van der Waals surface area contributed by atoms with Crippen molar-refractivity contribution in [2.45, 2.75) is 232 Å². The van der Waals surface area contributed by atoms with E-state index in [1.807, 2.05) is 6.08 Å². The van der Waals surface area contributed by atoms with E-state index in [1.54, 1.807) is 0 Å². The number of hydrogen-bond donors (Lipinski definition) is 2. The molecule has 0 aliphatic carbocycles. The summed E-state index contributed by atoms with van der Waals surface area (Å²) >= 11 is 0. The molecule has 1 atom stereocenters. The zero-order valence-electron chi connectivity index (χ0n) is 33.3. The molecule has 0 amide bonds. The number of unbranched alkanes of at least 4 members (excludes halogenated alkanes) is 28. The van der Waals surface area contributed by atoms with E-state index in [0.717, 1.165) is 32.1 Å². The minimum absolute atomic E-state index is 0.189. The molecule has 0 aromatic rings. The van der Waals surface area contributed by atoms with Gasteiger partial charge in [-0.25, -0.2) is 4.57 Å². The molecule has 0 fully saturated rings. The smallest absolute Gasteiger partial charge is 0.462 e. The second-order valence-corrected chi connectivity index (χ2v) is 15.9. The van der Waals surface area contributed by atoms with Crippen molar-refractivity contribution in [1.29, 1.82) is 0 Å². The van der Waals surface area contributed by atoms with Gasteiger partial charge in [0.05, 0.1) is 6.61 Å². The number of carbonyl (C=O) groups excluding carboxylic acids is 2. The monoisotopic (exact) mass is 745 g/mol. The lowest BCUT2D eigenvalue weighted by molar-refractivity contribution is -0.161. The molecule has 302 valence electrons. The summed E-state index contributed by atoms with van der Waals surface area (Å²) in [6.07, 6.45) is 42.3. The molecule has 0 heterocycles. The molecule has 0 spiro atoms. The molecule has 0 saturated heterocycles. The fourth-order valence-electron chi connectivity index (χ4n) is 6.33. The highest BCUT2D eigenvalue weighted by Gasteiger charge is 2.22. The van der Waals surface area contributed by atoms with Crippen LogP contribution in [0.2, 0.25) is 0 Å². The molecular formula is C42H81O8P. The van der Waals surface area contributed by atoms with Gasteiger partial charge in [0.1, 0.15) is 6.61 Å². The lowest BCUT2D eigenvalue weighted by atomic mass is 10.0. The first-order valence-electron chi connectivity index (χ1n) is 21.5. The highest BCUT2D eigenvalue weighted by atomic mass is 31.2. The quantitative estimate of drug-likeness (QED) is 0.0275. The molecule has 0 unspecified atom stereocenters. The third-order valence-electron chi connectivity index (χ3n) is 9.55. The van der Waals surface area contributed by atoms with Crippen LogP contribution in [-0.2, 0) is 28.2 Å². The van der Waals surface area contributed by atoms with Crippen LogP contribution in [0.25, 0.3) is 0 Å².